The van der Waals surface area contributed by atoms with E-state index >= 15 is 0 Å². The molecule has 4 rings (SSSR count). The van der Waals surface area contributed by atoms with Gasteiger partial charge in [0.1, 0.15) is 11.5 Å². The van der Waals surface area contributed by atoms with Crippen molar-refractivity contribution in [2.75, 3.05) is 0 Å². The van der Waals surface area contributed by atoms with Crippen molar-refractivity contribution in [1.29, 1.82) is 0 Å². The van der Waals surface area contributed by atoms with Crippen LogP contribution in [-0.4, -0.2) is 78.3 Å². The average molecular weight is 640 g/mol. The molecule has 1 aromatic rings. The number of Topliss-reactive ketones (excluding diaryl/α,β-unsaturated/α-hetero) is 2. The molecule has 7 N–H and O–H groups in total. The number of aliphatic hydroxyl groups excluding tert-OH is 4. The molecule has 0 spiro atoms. The van der Waals surface area contributed by atoms with E-state index in [4.69, 9.17) is 0 Å². The van der Waals surface area contributed by atoms with Crippen LogP contribution >= 0.6 is 0 Å². The molecule has 0 fully saturated rings. The van der Waals surface area contributed by atoms with Crippen LogP contribution in [0.3, 0.4) is 0 Å². The number of hydrogen-bond acceptors (Lipinski definition) is 10. The van der Waals surface area contributed by atoms with E-state index in [1.54, 1.807) is 40.7 Å². The molecule has 0 unspecified atom stereocenters. The molecular formula is C35H45NO10. The highest BCUT2D eigenvalue weighted by Crippen LogP contribution is 2.41. The number of benzene rings is 1. The minimum atomic E-state index is -1.21. The second-order valence-electron chi connectivity index (χ2n) is 12.8. The first-order valence-corrected chi connectivity index (χ1v) is 15.3. The van der Waals surface area contributed by atoms with Crippen LogP contribution in [0.2, 0.25) is 0 Å². The van der Waals surface area contributed by atoms with E-state index in [0.717, 1.165) is 6.08 Å². The Morgan fingerprint density at radius 3 is 1.65 bits per heavy atom. The first-order chi connectivity index (χ1) is 21.3. The van der Waals surface area contributed by atoms with Gasteiger partial charge in [-0.2, -0.15) is 0 Å². The fraction of sp³-hybridized carbons (Fsp3) is 0.486. The summed E-state index contributed by atoms with van der Waals surface area (Å²) in [6.45, 7) is 12.3. The summed E-state index contributed by atoms with van der Waals surface area (Å²) in [4.78, 5) is 53.6. The van der Waals surface area contributed by atoms with Crippen molar-refractivity contribution in [1.82, 2.24) is 5.32 Å². The van der Waals surface area contributed by atoms with Gasteiger partial charge in [-0.3, -0.25) is 19.2 Å². The van der Waals surface area contributed by atoms with Gasteiger partial charge in [-0.25, -0.2) is 0 Å². The lowest BCUT2D eigenvalue weighted by atomic mass is 9.77. The number of carbonyl (C=O) groups is 4. The summed E-state index contributed by atoms with van der Waals surface area (Å²) in [5.74, 6) is -8.28. The number of phenols is 2. The maximum atomic E-state index is 13.7. The minimum absolute atomic E-state index is 0.00428. The predicted molar refractivity (Wildman–Crippen MR) is 170 cm³/mol. The van der Waals surface area contributed by atoms with Gasteiger partial charge in [0.25, 0.3) is 5.91 Å². The Morgan fingerprint density at radius 1 is 0.630 bits per heavy atom. The summed E-state index contributed by atoms with van der Waals surface area (Å²) in [5.41, 5.74) is -2.08. The van der Waals surface area contributed by atoms with Gasteiger partial charge in [0.05, 0.1) is 46.8 Å². The van der Waals surface area contributed by atoms with Gasteiger partial charge in [0.15, 0.2) is 11.6 Å². The number of amides is 1. The number of allylic oxidation sites excluding steroid dienone is 5. The lowest BCUT2D eigenvalue weighted by molar-refractivity contribution is -0.116. The Hall–Kier alpha value is -3.90. The number of fused-ring (bicyclic) bond motifs is 15. The molecule has 0 saturated heterocycles. The van der Waals surface area contributed by atoms with Crippen molar-refractivity contribution in [2.45, 2.75) is 79.8 Å². The van der Waals surface area contributed by atoms with Crippen LogP contribution in [0.25, 0.3) is 0 Å². The molecule has 250 valence electrons. The zero-order chi connectivity index (χ0) is 34.9. The molecule has 1 aliphatic carbocycles. The van der Waals surface area contributed by atoms with E-state index < -0.39 is 111 Å². The zero-order valence-corrected chi connectivity index (χ0v) is 27.4. The van der Waals surface area contributed by atoms with Gasteiger partial charge >= 0.3 is 0 Å². The monoisotopic (exact) mass is 639 g/mol. The largest absolute Gasteiger partial charge is 0.507 e. The van der Waals surface area contributed by atoms with Crippen molar-refractivity contribution in [3.8, 4) is 11.5 Å². The molecular weight excluding hydrogens is 594 g/mol. The highest BCUT2D eigenvalue weighted by atomic mass is 16.3. The van der Waals surface area contributed by atoms with E-state index in [-0.39, 0.29) is 16.7 Å². The van der Waals surface area contributed by atoms with Crippen molar-refractivity contribution < 1.29 is 49.8 Å². The summed E-state index contributed by atoms with van der Waals surface area (Å²) in [7, 11) is 0. The Balaban J connectivity index is 2.20. The third-order valence-corrected chi connectivity index (χ3v) is 9.45. The molecule has 0 radical (unpaired) electrons. The molecule has 46 heavy (non-hydrogen) atoms. The van der Waals surface area contributed by atoms with E-state index in [1.165, 1.54) is 39.0 Å². The SMILES string of the molecule is C/C1=C/C=C\[C@H](C)[C@H](O)[C@@H](C)[C@@H](O)[C@@H](C)[C@H](O)[C@H](C)[C@@H](O)[C@@H](C)/C=C(\C)C(=O)c2c(O)c(C)c(O)c3c2C(=O)C=C(NC1=O)C3=O. The summed E-state index contributed by atoms with van der Waals surface area (Å²) in [5, 5.41) is 68.4. The molecule has 2 aliphatic heterocycles. The summed E-state index contributed by atoms with van der Waals surface area (Å²) >= 11 is 0. The van der Waals surface area contributed by atoms with Gasteiger partial charge in [0.2, 0.25) is 5.78 Å². The number of aromatic hydroxyl groups is 2. The number of phenolic OH excluding ortho intramolecular Hbond substituents is 2. The van der Waals surface area contributed by atoms with Crippen LogP contribution in [0.5, 0.6) is 11.5 Å². The third-order valence-electron chi connectivity index (χ3n) is 9.45. The average Bonchev–Trinajstić information content (AvgIpc) is 3.02. The molecule has 2 heterocycles. The van der Waals surface area contributed by atoms with Crippen LogP contribution in [0.15, 0.2) is 47.2 Å². The summed E-state index contributed by atoms with van der Waals surface area (Å²) in [6.07, 6.45) is 2.23. The Kier molecular flexibility index (Phi) is 11.3. The Labute approximate surface area is 268 Å². The molecule has 3 aliphatic rings. The fourth-order valence-electron chi connectivity index (χ4n) is 6.11. The number of aliphatic hydroxyl groups is 4. The van der Waals surface area contributed by atoms with Crippen LogP contribution in [0.1, 0.15) is 85.1 Å². The van der Waals surface area contributed by atoms with E-state index in [1.807, 2.05) is 0 Å². The number of carbonyl (C=O) groups excluding carboxylic acids is 4. The zero-order valence-electron chi connectivity index (χ0n) is 27.4. The minimum Gasteiger partial charge on any atom is -0.507 e. The maximum Gasteiger partial charge on any atom is 0.251 e. The maximum absolute atomic E-state index is 13.7. The molecule has 1 aromatic carbocycles. The van der Waals surface area contributed by atoms with Gasteiger partial charge in [0, 0.05) is 46.8 Å². The second kappa shape index (κ2) is 14.3. The third kappa shape index (κ3) is 6.92. The molecule has 9 atom stereocenters. The smallest absolute Gasteiger partial charge is 0.251 e. The van der Waals surface area contributed by atoms with Crippen molar-refractivity contribution in [2.24, 2.45) is 29.6 Å². The highest BCUT2D eigenvalue weighted by molar-refractivity contribution is 6.31. The molecule has 11 heteroatoms. The fourth-order valence-corrected chi connectivity index (χ4v) is 6.11. The Morgan fingerprint density at radius 2 is 1.11 bits per heavy atom. The number of rotatable bonds is 0. The second-order valence-corrected chi connectivity index (χ2v) is 12.8. The number of nitrogens with one attached hydrogen (secondary N) is 1. The van der Waals surface area contributed by atoms with E-state index in [0.29, 0.717) is 0 Å². The van der Waals surface area contributed by atoms with E-state index in [9.17, 15) is 49.8 Å². The van der Waals surface area contributed by atoms with Crippen molar-refractivity contribution >= 4 is 23.3 Å². The standard InChI is InChI=1S/C35H45NO10/c1-14-10-9-11-15(2)35(46)36-22-13-23(37)24-25(32(43)21(8)33(44)26(24)34(22)45)29(40)17(4)12-16(3)28(39)19(6)31(42)20(7)30(41)18(5)27(14)38/h9-14,16,18-20,27-28,30-31,38-39,41-44H,1-8H3,(H,36,46)/b10-9-,15-11-,17-12+/t14-,16-,18+,19+,20+,27-,28-,30+,31+/m0/s1. The summed E-state index contributed by atoms with van der Waals surface area (Å²) < 4.78 is 0. The Bertz CT molecular complexity index is 1550. The predicted octanol–water partition coefficient (Wildman–Crippen LogP) is 3.05. The topological polar surface area (TPSA) is 202 Å². The van der Waals surface area contributed by atoms with Gasteiger partial charge in [-0.15, -0.1) is 0 Å². The first-order valence-electron chi connectivity index (χ1n) is 15.3. The first kappa shape index (κ1) is 36.6. The van der Waals surface area contributed by atoms with Crippen LogP contribution in [0.4, 0.5) is 0 Å². The van der Waals surface area contributed by atoms with Gasteiger partial charge in [-0.1, -0.05) is 58.9 Å². The number of hydrogen-bond donors (Lipinski definition) is 7. The lowest BCUT2D eigenvalue weighted by Gasteiger charge is -2.36. The molecule has 1 amide bonds. The summed E-state index contributed by atoms with van der Waals surface area (Å²) in [6, 6.07) is 0. The highest BCUT2D eigenvalue weighted by Gasteiger charge is 2.39. The quantitative estimate of drug-likeness (QED) is 0.221. The van der Waals surface area contributed by atoms with E-state index in [2.05, 4.69) is 5.32 Å². The molecule has 4 bridgehead atoms. The number of ketones is 3. The van der Waals surface area contributed by atoms with Gasteiger partial charge in [-0.05, 0) is 26.3 Å². The van der Waals surface area contributed by atoms with Crippen LogP contribution in [0, 0.1) is 36.5 Å². The van der Waals surface area contributed by atoms with Crippen LogP contribution in [-0.2, 0) is 4.79 Å². The normalized spacial score (nSPS) is 35.0. The van der Waals surface area contributed by atoms with Gasteiger partial charge < -0.3 is 36.0 Å². The molecule has 0 aromatic heterocycles. The lowest BCUT2D eigenvalue weighted by Crippen LogP contribution is -2.45. The van der Waals surface area contributed by atoms with Crippen molar-refractivity contribution in [3.05, 3.63) is 69.5 Å². The molecule has 11 nitrogen and oxygen atoms in total. The molecule has 0 saturated carbocycles. The van der Waals surface area contributed by atoms with Crippen molar-refractivity contribution in [3.63, 3.8) is 0 Å². The van der Waals surface area contributed by atoms with Crippen LogP contribution < -0.4 is 5.32 Å².